The molecule has 6 heteroatoms. The molecular weight excluding hydrogens is 356 g/mol. The van der Waals surface area contributed by atoms with Gasteiger partial charge in [0.25, 0.3) is 0 Å². The maximum Gasteiger partial charge on any atom is 0.223 e. The van der Waals surface area contributed by atoms with Crippen molar-refractivity contribution in [3.05, 3.63) is 10.6 Å². The van der Waals surface area contributed by atoms with Crippen molar-refractivity contribution in [1.82, 2.24) is 15.2 Å². The molecule has 5 rings (SSSR count). The molecule has 1 N–H and O–H groups in total. The SMILES string of the molecule is CC.O=C(CC1CCCC1)N1CCc2nc(N3C4CCC3CNC4)sc2C1. The molecule has 1 aliphatic carbocycles. The van der Waals surface area contributed by atoms with E-state index in [1.165, 1.54) is 54.2 Å². The highest BCUT2D eigenvalue weighted by Crippen LogP contribution is 2.38. The van der Waals surface area contributed by atoms with Crippen molar-refractivity contribution in [1.29, 1.82) is 0 Å². The van der Waals surface area contributed by atoms with Crippen LogP contribution < -0.4 is 10.2 Å². The lowest BCUT2D eigenvalue weighted by molar-refractivity contribution is -0.133. The van der Waals surface area contributed by atoms with Crippen molar-refractivity contribution < 1.29 is 4.79 Å². The smallest absolute Gasteiger partial charge is 0.223 e. The maximum absolute atomic E-state index is 12.7. The molecule has 5 nitrogen and oxygen atoms in total. The van der Waals surface area contributed by atoms with Crippen LogP contribution in [-0.2, 0) is 17.8 Å². The van der Waals surface area contributed by atoms with Gasteiger partial charge in [0, 0.05) is 49.4 Å². The van der Waals surface area contributed by atoms with Crippen LogP contribution in [0.5, 0.6) is 0 Å². The molecule has 2 saturated heterocycles. The quantitative estimate of drug-likeness (QED) is 0.857. The average Bonchev–Trinajstić information content (AvgIpc) is 3.40. The Morgan fingerprint density at radius 1 is 1.15 bits per heavy atom. The van der Waals surface area contributed by atoms with Gasteiger partial charge in [0.1, 0.15) is 0 Å². The third-order valence-corrected chi connectivity index (χ3v) is 7.71. The Morgan fingerprint density at radius 2 is 1.85 bits per heavy atom. The molecular formula is C21H34N4OS. The minimum Gasteiger partial charge on any atom is -0.340 e. The normalized spacial score (nSPS) is 27.3. The lowest BCUT2D eigenvalue weighted by Crippen LogP contribution is -2.51. The number of amides is 1. The van der Waals surface area contributed by atoms with E-state index in [2.05, 4.69) is 15.1 Å². The first-order valence-corrected chi connectivity index (χ1v) is 11.8. The predicted molar refractivity (Wildman–Crippen MR) is 111 cm³/mol. The highest BCUT2D eigenvalue weighted by atomic mass is 32.1. The number of fused-ring (bicyclic) bond motifs is 3. The third kappa shape index (κ3) is 3.88. The van der Waals surface area contributed by atoms with Crippen LogP contribution in [0.1, 0.15) is 69.4 Å². The molecule has 1 aromatic heterocycles. The zero-order chi connectivity index (χ0) is 18.8. The number of hydrogen-bond acceptors (Lipinski definition) is 5. The van der Waals surface area contributed by atoms with E-state index in [1.807, 2.05) is 25.2 Å². The largest absolute Gasteiger partial charge is 0.340 e. The number of anilines is 1. The number of piperazine rings is 1. The Bertz CT molecular complexity index is 639. The summed E-state index contributed by atoms with van der Waals surface area (Å²) >= 11 is 1.85. The Labute approximate surface area is 167 Å². The van der Waals surface area contributed by atoms with E-state index in [0.717, 1.165) is 39.0 Å². The van der Waals surface area contributed by atoms with Gasteiger partial charge in [-0.05, 0) is 31.6 Å². The number of nitrogens with one attached hydrogen (secondary N) is 1. The second kappa shape index (κ2) is 8.48. The molecule has 2 bridgehead atoms. The van der Waals surface area contributed by atoms with Gasteiger partial charge in [-0.2, -0.15) is 0 Å². The molecule has 1 amide bonds. The summed E-state index contributed by atoms with van der Waals surface area (Å²) in [6, 6.07) is 1.23. The second-order valence-electron chi connectivity index (χ2n) is 8.24. The second-order valence-corrected chi connectivity index (χ2v) is 9.30. The van der Waals surface area contributed by atoms with Gasteiger partial charge in [0.15, 0.2) is 5.13 Å². The van der Waals surface area contributed by atoms with Gasteiger partial charge in [-0.1, -0.05) is 38.0 Å². The minimum absolute atomic E-state index is 0.370. The van der Waals surface area contributed by atoms with E-state index in [-0.39, 0.29) is 0 Å². The van der Waals surface area contributed by atoms with Crippen LogP contribution in [0, 0.1) is 5.92 Å². The zero-order valence-corrected chi connectivity index (χ0v) is 17.7. The van der Waals surface area contributed by atoms with Gasteiger partial charge in [-0.15, -0.1) is 0 Å². The first-order chi connectivity index (χ1) is 13.3. The lowest BCUT2D eigenvalue weighted by Gasteiger charge is -2.35. The van der Waals surface area contributed by atoms with Crippen molar-refractivity contribution in [3.8, 4) is 0 Å². The number of carbonyl (C=O) groups is 1. The van der Waals surface area contributed by atoms with Crippen LogP contribution in [0.3, 0.4) is 0 Å². The summed E-state index contributed by atoms with van der Waals surface area (Å²) in [5, 5.41) is 4.76. The fourth-order valence-corrected chi connectivity index (χ4v) is 6.45. The van der Waals surface area contributed by atoms with Crippen molar-refractivity contribution >= 4 is 22.4 Å². The number of aromatic nitrogens is 1. The summed E-state index contributed by atoms with van der Waals surface area (Å²) in [7, 11) is 0. The van der Waals surface area contributed by atoms with Gasteiger partial charge in [0.2, 0.25) is 5.91 Å². The summed E-state index contributed by atoms with van der Waals surface area (Å²) in [5.74, 6) is 1.01. The summed E-state index contributed by atoms with van der Waals surface area (Å²) in [5.41, 5.74) is 1.25. The average molecular weight is 391 g/mol. The van der Waals surface area contributed by atoms with Gasteiger partial charge in [-0.3, -0.25) is 4.79 Å². The number of nitrogens with zero attached hydrogens (tertiary/aromatic N) is 3. The molecule has 0 spiro atoms. The zero-order valence-electron chi connectivity index (χ0n) is 16.9. The first-order valence-electron chi connectivity index (χ1n) is 11.0. The predicted octanol–water partition coefficient (Wildman–Crippen LogP) is 3.57. The molecule has 4 aliphatic rings. The molecule has 27 heavy (non-hydrogen) atoms. The number of thiazole rings is 1. The van der Waals surface area contributed by atoms with E-state index < -0.39 is 0 Å². The first kappa shape index (κ1) is 19.2. The highest BCUT2D eigenvalue weighted by Gasteiger charge is 2.39. The monoisotopic (exact) mass is 390 g/mol. The summed E-state index contributed by atoms with van der Waals surface area (Å²) in [6.45, 7) is 7.83. The van der Waals surface area contributed by atoms with Crippen LogP contribution in [0.15, 0.2) is 0 Å². The Hall–Kier alpha value is -1.14. The lowest BCUT2D eigenvalue weighted by atomic mass is 10.0. The van der Waals surface area contributed by atoms with Crippen molar-refractivity contribution in [3.63, 3.8) is 0 Å². The molecule has 0 radical (unpaired) electrons. The molecule has 3 fully saturated rings. The third-order valence-electron chi connectivity index (χ3n) is 6.61. The van der Waals surface area contributed by atoms with Crippen LogP contribution in [-0.4, -0.2) is 47.5 Å². The van der Waals surface area contributed by atoms with Crippen molar-refractivity contribution in [2.24, 2.45) is 5.92 Å². The molecule has 1 saturated carbocycles. The van der Waals surface area contributed by atoms with Crippen molar-refractivity contribution in [2.45, 2.75) is 83.8 Å². The fraction of sp³-hybridized carbons (Fsp3) is 0.810. The summed E-state index contributed by atoms with van der Waals surface area (Å²) in [6.07, 6.45) is 9.40. The van der Waals surface area contributed by atoms with Gasteiger partial charge in [-0.25, -0.2) is 4.98 Å². The van der Waals surface area contributed by atoms with Gasteiger partial charge in [0.05, 0.1) is 12.2 Å². The van der Waals surface area contributed by atoms with Crippen LogP contribution >= 0.6 is 11.3 Å². The van der Waals surface area contributed by atoms with Gasteiger partial charge < -0.3 is 15.1 Å². The van der Waals surface area contributed by atoms with Crippen molar-refractivity contribution in [2.75, 3.05) is 24.5 Å². The molecule has 3 aliphatic heterocycles. The molecule has 0 aromatic carbocycles. The molecule has 1 aromatic rings. The Morgan fingerprint density at radius 3 is 2.56 bits per heavy atom. The fourth-order valence-electron chi connectivity index (χ4n) is 5.19. The van der Waals surface area contributed by atoms with Crippen LogP contribution in [0.25, 0.3) is 0 Å². The number of hydrogen-bond donors (Lipinski definition) is 1. The van der Waals surface area contributed by atoms with E-state index >= 15 is 0 Å². The van der Waals surface area contributed by atoms with Crippen LogP contribution in [0.4, 0.5) is 5.13 Å². The standard InChI is InChI=1S/C19H28N4OS.C2H6/c24-18(9-13-3-1-2-4-13)22-8-7-16-17(12-22)25-19(21-16)23-14-5-6-15(23)11-20-10-14;1-2/h13-15,20H,1-12H2;1-2H3. The summed E-state index contributed by atoms with van der Waals surface area (Å²) in [4.78, 5) is 23.7. The van der Waals surface area contributed by atoms with E-state index in [0.29, 0.717) is 23.9 Å². The Balaban J connectivity index is 0.000000872. The molecule has 2 atom stereocenters. The number of carbonyl (C=O) groups excluding carboxylic acids is 1. The maximum atomic E-state index is 12.7. The molecule has 4 heterocycles. The van der Waals surface area contributed by atoms with E-state index in [4.69, 9.17) is 4.98 Å². The summed E-state index contributed by atoms with van der Waals surface area (Å²) < 4.78 is 0. The molecule has 150 valence electrons. The molecule has 2 unspecified atom stereocenters. The minimum atomic E-state index is 0.370. The Kier molecular flexibility index (Phi) is 6.02. The topological polar surface area (TPSA) is 48.5 Å². The highest BCUT2D eigenvalue weighted by molar-refractivity contribution is 7.15. The van der Waals surface area contributed by atoms with Crippen LogP contribution in [0.2, 0.25) is 0 Å². The van der Waals surface area contributed by atoms with Gasteiger partial charge >= 0.3 is 0 Å². The number of rotatable bonds is 3. The van der Waals surface area contributed by atoms with E-state index in [1.54, 1.807) is 0 Å². The van der Waals surface area contributed by atoms with E-state index in [9.17, 15) is 4.79 Å².